The van der Waals surface area contributed by atoms with Gasteiger partial charge in [0.2, 0.25) is 0 Å². The van der Waals surface area contributed by atoms with Crippen molar-refractivity contribution >= 4 is 40.7 Å². The second kappa shape index (κ2) is 8.49. The van der Waals surface area contributed by atoms with Crippen LogP contribution in [0.2, 0.25) is 5.02 Å². The summed E-state index contributed by atoms with van der Waals surface area (Å²) in [6.45, 7) is -0.244. The number of ether oxygens (including phenoxy) is 2. The molecule has 7 nitrogen and oxygen atoms in total. The number of nitrogens with zero attached hydrogens (tertiary/aromatic N) is 1. The van der Waals surface area contributed by atoms with Gasteiger partial charge in [-0.1, -0.05) is 35.9 Å². The molecule has 1 heterocycles. The molecule has 0 saturated heterocycles. The Morgan fingerprint density at radius 3 is 2.23 bits per heavy atom. The molecule has 156 valence electrons. The number of imide groups is 1. The predicted molar refractivity (Wildman–Crippen MR) is 116 cm³/mol. The molecular formula is C23H17ClN2O5. The van der Waals surface area contributed by atoms with Gasteiger partial charge in [0.05, 0.1) is 28.9 Å². The summed E-state index contributed by atoms with van der Waals surface area (Å²) < 4.78 is 10.8. The Balaban J connectivity index is 1.50. The molecular weight excluding hydrogens is 420 g/mol. The number of hydrogen-bond donors (Lipinski definition) is 1. The highest BCUT2D eigenvalue weighted by Crippen LogP contribution is 2.36. The second-order valence-corrected chi connectivity index (χ2v) is 7.05. The normalized spacial score (nSPS) is 12.5. The Labute approximate surface area is 183 Å². The third-order valence-corrected chi connectivity index (χ3v) is 5.01. The van der Waals surface area contributed by atoms with E-state index in [2.05, 4.69) is 5.32 Å². The van der Waals surface area contributed by atoms with E-state index in [0.717, 1.165) is 4.90 Å². The average molecular weight is 437 g/mol. The van der Waals surface area contributed by atoms with Crippen LogP contribution in [0.5, 0.6) is 11.5 Å². The van der Waals surface area contributed by atoms with Gasteiger partial charge in [-0.2, -0.15) is 0 Å². The van der Waals surface area contributed by atoms with E-state index in [1.807, 2.05) is 0 Å². The molecule has 0 saturated carbocycles. The summed E-state index contributed by atoms with van der Waals surface area (Å²) in [7, 11) is 1.42. The zero-order chi connectivity index (χ0) is 22.0. The fourth-order valence-corrected chi connectivity index (χ4v) is 3.44. The minimum atomic E-state index is -0.427. The maximum atomic E-state index is 12.7. The van der Waals surface area contributed by atoms with E-state index in [1.54, 1.807) is 60.7 Å². The topological polar surface area (TPSA) is 84.9 Å². The number of anilines is 2. The molecule has 0 bridgehead atoms. The first-order valence-electron chi connectivity index (χ1n) is 9.32. The lowest BCUT2D eigenvalue weighted by Gasteiger charge is -2.18. The van der Waals surface area contributed by atoms with Crippen LogP contribution in [0.1, 0.15) is 20.7 Å². The van der Waals surface area contributed by atoms with Crippen molar-refractivity contribution < 1.29 is 23.9 Å². The summed E-state index contributed by atoms with van der Waals surface area (Å²) in [4.78, 5) is 38.8. The average Bonchev–Trinajstić information content (AvgIpc) is 3.03. The summed E-state index contributed by atoms with van der Waals surface area (Å²) in [5.41, 5.74) is 1.39. The van der Waals surface area contributed by atoms with Crippen LogP contribution < -0.4 is 19.7 Å². The van der Waals surface area contributed by atoms with E-state index < -0.39 is 17.7 Å². The summed E-state index contributed by atoms with van der Waals surface area (Å²) >= 11 is 6.01. The maximum Gasteiger partial charge on any atom is 0.266 e. The highest BCUT2D eigenvalue weighted by atomic mass is 35.5. The molecule has 31 heavy (non-hydrogen) atoms. The van der Waals surface area contributed by atoms with E-state index in [-0.39, 0.29) is 12.4 Å². The Bertz CT molecular complexity index is 1160. The van der Waals surface area contributed by atoms with Crippen molar-refractivity contribution in [2.24, 2.45) is 0 Å². The molecule has 1 N–H and O–H groups in total. The number of carbonyl (C=O) groups is 3. The van der Waals surface area contributed by atoms with Gasteiger partial charge in [0, 0.05) is 11.8 Å². The van der Waals surface area contributed by atoms with Crippen LogP contribution in [0.15, 0.2) is 66.7 Å². The van der Waals surface area contributed by atoms with Gasteiger partial charge in [0.1, 0.15) is 11.5 Å². The second-order valence-electron chi connectivity index (χ2n) is 6.65. The van der Waals surface area contributed by atoms with E-state index in [9.17, 15) is 14.4 Å². The standard InChI is InChI=1S/C23H17ClN2O5/c1-30-20-12-14(25-21(27)13-31-19-9-5-4-8-17(19)24)10-11-18(20)26-22(28)15-6-2-3-7-16(15)23(26)29/h2-12H,13H2,1H3,(H,25,27). The van der Waals surface area contributed by atoms with E-state index in [1.165, 1.54) is 13.2 Å². The number of carbonyl (C=O) groups excluding carboxylic acids is 3. The number of hydrogen-bond acceptors (Lipinski definition) is 5. The molecule has 0 spiro atoms. The number of benzene rings is 3. The molecule has 0 radical (unpaired) electrons. The van der Waals surface area contributed by atoms with Gasteiger partial charge in [-0.25, -0.2) is 4.90 Å². The van der Waals surface area contributed by atoms with Crippen molar-refractivity contribution in [3.63, 3.8) is 0 Å². The van der Waals surface area contributed by atoms with Crippen molar-refractivity contribution in [2.75, 3.05) is 23.9 Å². The van der Waals surface area contributed by atoms with E-state index in [4.69, 9.17) is 21.1 Å². The van der Waals surface area contributed by atoms with Crippen LogP contribution in [-0.2, 0) is 4.79 Å². The highest BCUT2D eigenvalue weighted by Gasteiger charge is 2.37. The number of methoxy groups -OCH3 is 1. The van der Waals surface area contributed by atoms with Crippen LogP contribution in [0, 0.1) is 0 Å². The van der Waals surface area contributed by atoms with Gasteiger partial charge in [0.15, 0.2) is 6.61 Å². The number of rotatable bonds is 6. The molecule has 0 aliphatic carbocycles. The molecule has 3 amide bonds. The Kier molecular flexibility index (Phi) is 5.60. The number of fused-ring (bicyclic) bond motifs is 1. The zero-order valence-corrected chi connectivity index (χ0v) is 17.2. The molecule has 3 aromatic rings. The first-order valence-corrected chi connectivity index (χ1v) is 9.70. The summed E-state index contributed by atoms with van der Waals surface area (Å²) in [6, 6.07) is 18.1. The molecule has 1 aliphatic heterocycles. The lowest BCUT2D eigenvalue weighted by molar-refractivity contribution is -0.118. The quantitative estimate of drug-likeness (QED) is 0.586. The zero-order valence-electron chi connectivity index (χ0n) is 16.4. The molecule has 4 rings (SSSR count). The van der Waals surface area contributed by atoms with Gasteiger partial charge < -0.3 is 14.8 Å². The lowest BCUT2D eigenvalue weighted by Crippen LogP contribution is -2.29. The van der Waals surface area contributed by atoms with Crippen molar-refractivity contribution in [1.29, 1.82) is 0 Å². The van der Waals surface area contributed by atoms with E-state index >= 15 is 0 Å². The third kappa shape index (κ3) is 3.95. The highest BCUT2D eigenvalue weighted by molar-refractivity contribution is 6.35. The van der Waals surface area contributed by atoms with Crippen LogP contribution in [0.4, 0.5) is 11.4 Å². The molecule has 0 aromatic heterocycles. The first-order chi connectivity index (χ1) is 15.0. The SMILES string of the molecule is COc1cc(NC(=O)COc2ccccc2Cl)ccc1N1C(=O)c2ccccc2C1=O. The van der Waals surface area contributed by atoms with Gasteiger partial charge in [-0.05, 0) is 36.4 Å². The molecule has 0 unspecified atom stereocenters. The fourth-order valence-electron chi connectivity index (χ4n) is 3.25. The smallest absolute Gasteiger partial charge is 0.266 e. The van der Waals surface area contributed by atoms with Crippen molar-refractivity contribution in [3.05, 3.63) is 82.9 Å². The van der Waals surface area contributed by atoms with Crippen molar-refractivity contribution in [1.82, 2.24) is 0 Å². The van der Waals surface area contributed by atoms with Crippen molar-refractivity contribution in [2.45, 2.75) is 0 Å². The van der Waals surface area contributed by atoms with Crippen LogP contribution in [0.25, 0.3) is 0 Å². The molecule has 8 heteroatoms. The lowest BCUT2D eigenvalue weighted by atomic mass is 10.1. The maximum absolute atomic E-state index is 12.7. The van der Waals surface area contributed by atoms with Gasteiger partial charge in [0.25, 0.3) is 17.7 Å². The number of halogens is 1. The molecule has 3 aromatic carbocycles. The summed E-state index contributed by atoms with van der Waals surface area (Å²) in [5, 5.41) is 3.09. The van der Waals surface area contributed by atoms with Gasteiger partial charge >= 0.3 is 0 Å². The molecule has 0 atom stereocenters. The van der Waals surface area contributed by atoms with Crippen molar-refractivity contribution in [3.8, 4) is 11.5 Å². The fraction of sp³-hybridized carbons (Fsp3) is 0.0870. The predicted octanol–water partition coefficient (Wildman–Crippen LogP) is 4.17. The largest absolute Gasteiger partial charge is 0.494 e. The number of amides is 3. The molecule has 1 aliphatic rings. The Morgan fingerprint density at radius 2 is 1.58 bits per heavy atom. The van der Waals surface area contributed by atoms with Gasteiger partial charge in [-0.15, -0.1) is 0 Å². The first kappa shape index (κ1) is 20.4. The Morgan fingerprint density at radius 1 is 0.935 bits per heavy atom. The van der Waals surface area contributed by atoms with Gasteiger partial charge in [-0.3, -0.25) is 14.4 Å². The third-order valence-electron chi connectivity index (χ3n) is 4.69. The van der Waals surface area contributed by atoms with Crippen LogP contribution in [-0.4, -0.2) is 31.4 Å². The molecule has 0 fully saturated rings. The minimum Gasteiger partial charge on any atom is -0.494 e. The number of nitrogens with one attached hydrogen (secondary N) is 1. The monoisotopic (exact) mass is 436 g/mol. The summed E-state index contributed by atoms with van der Waals surface area (Å²) in [5.74, 6) is -0.597. The van der Waals surface area contributed by atoms with Crippen LogP contribution >= 0.6 is 11.6 Å². The Hall–Kier alpha value is -3.84. The van der Waals surface area contributed by atoms with E-state index in [0.29, 0.717) is 33.3 Å². The number of para-hydroxylation sites is 1. The minimum absolute atomic E-state index is 0.244. The van der Waals surface area contributed by atoms with Crippen LogP contribution in [0.3, 0.4) is 0 Å². The summed E-state index contributed by atoms with van der Waals surface area (Å²) in [6.07, 6.45) is 0.